The van der Waals surface area contributed by atoms with Crippen molar-refractivity contribution < 1.29 is 12.8 Å². The van der Waals surface area contributed by atoms with E-state index in [9.17, 15) is 12.8 Å². The molecule has 1 aromatic rings. The van der Waals surface area contributed by atoms with E-state index in [2.05, 4.69) is 4.72 Å². The van der Waals surface area contributed by atoms with Gasteiger partial charge in [0, 0.05) is 17.8 Å². The van der Waals surface area contributed by atoms with Crippen molar-refractivity contribution in [1.82, 2.24) is 4.72 Å². The molecule has 0 amide bonds. The van der Waals surface area contributed by atoms with Crippen molar-refractivity contribution in [1.29, 1.82) is 0 Å². The lowest BCUT2D eigenvalue weighted by Crippen LogP contribution is -2.27. The van der Waals surface area contributed by atoms with Crippen molar-refractivity contribution in [3.63, 3.8) is 0 Å². The Labute approximate surface area is 114 Å². The second-order valence-corrected chi connectivity index (χ2v) is 7.59. The summed E-state index contributed by atoms with van der Waals surface area (Å²) in [7, 11) is -3.71. The normalized spacial score (nSPS) is 12.7. The van der Waals surface area contributed by atoms with Crippen LogP contribution in [0.5, 0.6) is 0 Å². The van der Waals surface area contributed by atoms with Crippen LogP contribution in [0.3, 0.4) is 0 Å². The molecule has 0 fully saturated rings. The van der Waals surface area contributed by atoms with E-state index in [4.69, 9.17) is 5.73 Å². The Morgan fingerprint density at radius 3 is 2.37 bits per heavy atom. The van der Waals surface area contributed by atoms with E-state index in [1.165, 1.54) is 13.0 Å². The lowest BCUT2D eigenvalue weighted by atomic mass is 9.93. The highest BCUT2D eigenvalue weighted by Crippen LogP contribution is 2.21. The summed E-state index contributed by atoms with van der Waals surface area (Å²) in [6.45, 7) is 7.87. The minimum absolute atomic E-state index is 0.0279. The number of hydrogen-bond donors (Lipinski definition) is 2. The van der Waals surface area contributed by atoms with Gasteiger partial charge in [0.2, 0.25) is 10.0 Å². The molecule has 0 atom stereocenters. The minimum atomic E-state index is -3.71. The van der Waals surface area contributed by atoms with E-state index in [0.717, 1.165) is 6.07 Å². The Hall–Kier alpha value is -1.14. The van der Waals surface area contributed by atoms with Crippen LogP contribution in [0.15, 0.2) is 17.0 Å². The first-order valence-corrected chi connectivity index (χ1v) is 7.56. The first-order valence-electron chi connectivity index (χ1n) is 6.08. The van der Waals surface area contributed by atoms with E-state index < -0.39 is 15.8 Å². The predicted octanol–water partition coefficient (Wildman–Crippen LogP) is 2.43. The van der Waals surface area contributed by atoms with Crippen molar-refractivity contribution >= 4 is 15.7 Å². The van der Waals surface area contributed by atoms with Crippen LogP contribution in [-0.2, 0) is 10.0 Å². The van der Waals surface area contributed by atoms with Crippen molar-refractivity contribution in [3.8, 4) is 0 Å². The van der Waals surface area contributed by atoms with Crippen LogP contribution < -0.4 is 10.5 Å². The molecule has 1 rings (SSSR count). The smallest absolute Gasteiger partial charge is 0.240 e. The number of hydrogen-bond acceptors (Lipinski definition) is 3. The van der Waals surface area contributed by atoms with Crippen molar-refractivity contribution in [2.45, 2.75) is 39.0 Å². The second kappa shape index (κ2) is 5.46. The third kappa shape index (κ3) is 4.47. The van der Waals surface area contributed by atoms with Crippen LogP contribution in [0, 0.1) is 18.2 Å². The molecule has 19 heavy (non-hydrogen) atoms. The van der Waals surface area contributed by atoms with Gasteiger partial charge < -0.3 is 5.73 Å². The zero-order chi connectivity index (χ0) is 14.8. The number of nitrogens with one attached hydrogen (secondary N) is 1. The van der Waals surface area contributed by atoms with Gasteiger partial charge in [-0.2, -0.15) is 0 Å². The number of nitrogen functional groups attached to an aromatic ring is 1. The Kier molecular flexibility index (Phi) is 4.58. The highest BCUT2D eigenvalue weighted by molar-refractivity contribution is 7.89. The van der Waals surface area contributed by atoms with Gasteiger partial charge in [-0.3, -0.25) is 0 Å². The topological polar surface area (TPSA) is 72.2 Å². The Balaban J connectivity index is 2.90. The third-order valence-corrected chi connectivity index (χ3v) is 4.28. The molecule has 108 valence electrons. The van der Waals surface area contributed by atoms with Gasteiger partial charge in [0.05, 0.1) is 4.90 Å². The highest BCUT2D eigenvalue weighted by Gasteiger charge is 2.18. The maximum atomic E-state index is 13.5. The van der Waals surface area contributed by atoms with Crippen LogP contribution in [-0.4, -0.2) is 15.0 Å². The summed E-state index contributed by atoms with van der Waals surface area (Å²) in [5, 5.41) is 0. The fourth-order valence-corrected chi connectivity index (χ4v) is 2.55. The van der Waals surface area contributed by atoms with Gasteiger partial charge in [0.25, 0.3) is 0 Å². The second-order valence-electron chi connectivity index (χ2n) is 5.83. The molecule has 0 saturated heterocycles. The third-order valence-electron chi connectivity index (χ3n) is 2.84. The standard InChI is InChI=1S/C13H21FN2O2S/c1-9-11(14)7-10(8-12(9)15)19(17,18)16-6-5-13(2,3)4/h7-8,16H,5-6,15H2,1-4H3. The zero-order valence-electron chi connectivity index (χ0n) is 11.7. The molecule has 0 spiro atoms. The first kappa shape index (κ1) is 15.9. The number of rotatable bonds is 4. The van der Waals surface area contributed by atoms with Crippen molar-refractivity contribution in [2.75, 3.05) is 12.3 Å². The molecule has 0 aliphatic heterocycles. The van der Waals surface area contributed by atoms with E-state index in [1.807, 2.05) is 20.8 Å². The number of anilines is 1. The van der Waals surface area contributed by atoms with E-state index in [0.29, 0.717) is 13.0 Å². The van der Waals surface area contributed by atoms with Gasteiger partial charge in [-0.15, -0.1) is 0 Å². The summed E-state index contributed by atoms with van der Waals surface area (Å²) >= 11 is 0. The molecule has 0 aliphatic rings. The van der Waals surface area contributed by atoms with Gasteiger partial charge >= 0.3 is 0 Å². The summed E-state index contributed by atoms with van der Waals surface area (Å²) in [5.41, 5.74) is 6.01. The number of sulfonamides is 1. The molecule has 0 bridgehead atoms. The maximum absolute atomic E-state index is 13.5. The SMILES string of the molecule is Cc1c(N)cc(S(=O)(=O)NCCC(C)(C)C)cc1F. The summed E-state index contributed by atoms with van der Waals surface area (Å²) < 4.78 is 40.0. The van der Waals surface area contributed by atoms with Crippen LogP contribution in [0.25, 0.3) is 0 Å². The van der Waals surface area contributed by atoms with Gasteiger partial charge in [-0.1, -0.05) is 20.8 Å². The summed E-state index contributed by atoms with van der Waals surface area (Å²) in [6, 6.07) is 2.27. The Bertz CT molecular complexity index is 539. The van der Waals surface area contributed by atoms with E-state index in [1.54, 1.807) is 0 Å². The highest BCUT2D eigenvalue weighted by atomic mass is 32.2. The van der Waals surface area contributed by atoms with Gasteiger partial charge in [-0.05, 0) is 30.9 Å². The molecule has 4 nitrogen and oxygen atoms in total. The average molecular weight is 288 g/mol. The van der Waals surface area contributed by atoms with Crippen LogP contribution >= 0.6 is 0 Å². The molecule has 0 heterocycles. The minimum Gasteiger partial charge on any atom is -0.398 e. The van der Waals surface area contributed by atoms with Crippen molar-refractivity contribution in [3.05, 3.63) is 23.5 Å². The Morgan fingerprint density at radius 1 is 1.32 bits per heavy atom. The molecule has 0 aliphatic carbocycles. The fraction of sp³-hybridized carbons (Fsp3) is 0.538. The quantitative estimate of drug-likeness (QED) is 0.836. The monoisotopic (exact) mass is 288 g/mol. The van der Waals surface area contributed by atoms with E-state index >= 15 is 0 Å². The molecule has 6 heteroatoms. The summed E-state index contributed by atoms with van der Waals surface area (Å²) in [5.74, 6) is -0.615. The molecule has 0 aromatic heterocycles. The van der Waals surface area contributed by atoms with Crippen LogP contribution in [0.4, 0.5) is 10.1 Å². The fourth-order valence-electron chi connectivity index (χ4n) is 1.47. The first-order chi connectivity index (χ1) is 8.53. The Morgan fingerprint density at radius 2 is 1.89 bits per heavy atom. The number of nitrogens with two attached hydrogens (primary N) is 1. The van der Waals surface area contributed by atoms with Crippen LogP contribution in [0.2, 0.25) is 0 Å². The van der Waals surface area contributed by atoms with Gasteiger partial charge in [0.1, 0.15) is 5.82 Å². The zero-order valence-corrected chi connectivity index (χ0v) is 12.6. The molecular formula is C13H21FN2O2S. The van der Waals surface area contributed by atoms with E-state index in [-0.39, 0.29) is 21.6 Å². The number of halogens is 1. The average Bonchev–Trinajstić information content (AvgIpc) is 2.22. The predicted molar refractivity (Wildman–Crippen MR) is 74.8 cm³/mol. The summed E-state index contributed by atoms with van der Waals surface area (Å²) in [6.07, 6.45) is 0.691. The molecule has 0 radical (unpaired) electrons. The van der Waals surface area contributed by atoms with Crippen molar-refractivity contribution in [2.24, 2.45) is 5.41 Å². The largest absolute Gasteiger partial charge is 0.398 e. The maximum Gasteiger partial charge on any atom is 0.240 e. The molecule has 0 unspecified atom stereocenters. The molecule has 3 N–H and O–H groups in total. The van der Waals surface area contributed by atoms with Gasteiger partial charge in [-0.25, -0.2) is 17.5 Å². The lowest BCUT2D eigenvalue weighted by molar-refractivity contribution is 0.378. The number of benzene rings is 1. The van der Waals surface area contributed by atoms with Gasteiger partial charge in [0.15, 0.2) is 0 Å². The van der Waals surface area contributed by atoms with Crippen LogP contribution in [0.1, 0.15) is 32.8 Å². The molecular weight excluding hydrogens is 267 g/mol. The molecule has 0 saturated carbocycles. The summed E-state index contributed by atoms with van der Waals surface area (Å²) in [4.78, 5) is -0.137. The lowest BCUT2D eigenvalue weighted by Gasteiger charge is -2.18. The molecule has 1 aromatic carbocycles.